The summed E-state index contributed by atoms with van der Waals surface area (Å²) in [7, 11) is 0. The van der Waals surface area contributed by atoms with Gasteiger partial charge in [-0.3, -0.25) is 4.79 Å². The van der Waals surface area contributed by atoms with E-state index in [2.05, 4.69) is 5.32 Å². The van der Waals surface area contributed by atoms with Gasteiger partial charge in [-0.1, -0.05) is 0 Å². The van der Waals surface area contributed by atoms with Crippen LogP contribution in [-0.2, 0) is 4.79 Å². The maximum Gasteiger partial charge on any atom is 0.415 e. The molecule has 2 aliphatic heterocycles. The number of nitrogens with one attached hydrogen (secondary N) is 1. The molecule has 9 heteroatoms. The molecule has 0 aromatic heterocycles. The van der Waals surface area contributed by atoms with Gasteiger partial charge < -0.3 is 20.9 Å². The van der Waals surface area contributed by atoms with E-state index in [0.717, 1.165) is 4.90 Å². The van der Waals surface area contributed by atoms with Crippen molar-refractivity contribution in [3.8, 4) is 0 Å². The molecule has 3 amide bonds. The molecule has 2 heterocycles. The standard InChI is InChI=1S/C10H15F3N4O2/c1-9(14,10(11,12)13)7(18)16-2-3-17-6(5-16)4-15-8(17)19/h6H,2-5,14H2,1H3,(H,15,19). The Kier molecular flexibility index (Phi) is 3.12. The molecule has 0 saturated carbocycles. The monoisotopic (exact) mass is 280 g/mol. The highest BCUT2D eigenvalue weighted by Crippen LogP contribution is 2.30. The fourth-order valence-corrected chi connectivity index (χ4v) is 2.24. The van der Waals surface area contributed by atoms with Crippen LogP contribution in [0.5, 0.6) is 0 Å². The Morgan fingerprint density at radius 3 is 2.63 bits per heavy atom. The van der Waals surface area contributed by atoms with Gasteiger partial charge in [0.1, 0.15) is 0 Å². The van der Waals surface area contributed by atoms with Crippen LogP contribution in [0.3, 0.4) is 0 Å². The zero-order valence-corrected chi connectivity index (χ0v) is 10.3. The summed E-state index contributed by atoms with van der Waals surface area (Å²) >= 11 is 0. The zero-order chi connectivity index (χ0) is 14.4. The first-order valence-electron chi connectivity index (χ1n) is 5.84. The molecule has 2 fully saturated rings. The Hall–Kier alpha value is -1.51. The van der Waals surface area contributed by atoms with E-state index in [1.165, 1.54) is 4.90 Å². The van der Waals surface area contributed by atoms with Crippen molar-refractivity contribution in [3.05, 3.63) is 0 Å². The van der Waals surface area contributed by atoms with Crippen LogP contribution in [0.4, 0.5) is 18.0 Å². The highest BCUT2D eigenvalue weighted by Gasteiger charge is 2.56. The summed E-state index contributed by atoms with van der Waals surface area (Å²) in [5.41, 5.74) is 2.22. The minimum absolute atomic E-state index is 0.0611. The lowest BCUT2D eigenvalue weighted by atomic mass is 10.00. The number of piperazine rings is 1. The molecular formula is C10H15F3N4O2. The fourth-order valence-electron chi connectivity index (χ4n) is 2.24. The van der Waals surface area contributed by atoms with Crippen molar-refractivity contribution in [2.45, 2.75) is 24.7 Å². The summed E-state index contributed by atoms with van der Waals surface area (Å²) in [4.78, 5) is 25.8. The average Bonchev–Trinajstić information content (AvgIpc) is 2.68. The van der Waals surface area contributed by atoms with E-state index in [4.69, 9.17) is 5.73 Å². The van der Waals surface area contributed by atoms with Gasteiger partial charge in [-0.2, -0.15) is 13.2 Å². The quantitative estimate of drug-likeness (QED) is 0.680. The average molecular weight is 280 g/mol. The van der Waals surface area contributed by atoms with Gasteiger partial charge >= 0.3 is 12.2 Å². The number of alkyl halides is 3. The lowest BCUT2D eigenvalue weighted by Crippen LogP contribution is -2.65. The third-order valence-electron chi connectivity index (χ3n) is 3.55. The molecule has 0 aliphatic carbocycles. The largest absolute Gasteiger partial charge is 0.415 e. The van der Waals surface area contributed by atoms with Gasteiger partial charge in [0.25, 0.3) is 5.91 Å². The first-order chi connectivity index (χ1) is 8.64. The van der Waals surface area contributed by atoms with E-state index in [0.29, 0.717) is 13.5 Å². The number of urea groups is 1. The van der Waals surface area contributed by atoms with E-state index < -0.39 is 17.6 Å². The van der Waals surface area contributed by atoms with Gasteiger partial charge in [0.05, 0.1) is 6.04 Å². The summed E-state index contributed by atoms with van der Waals surface area (Å²) in [6.45, 7) is 1.35. The molecular weight excluding hydrogens is 265 g/mol. The van der Waals surface area contributed by atoms with Gasteiger partial charge in [0, 0.05) is 26.2 Å². The van der Waals surface area contributed by atoms with E-state index in [-0.39, 0.29) is 31.7 Å². The highest BCUT2D eigenvalue weighted by atomic mass is 19.4. The van der Waals surface area contributed by atoms with Crippen LogP contribution in [0.25, 0.3) is 0 Å². The Morgan fingerprint density at radius 2 is 2.05 bits per heavy atom. The second kappa shape index (κ2) is 4.26. The van der Waals surface area contributed by atoms with Crippen molar-refractivity contribution < 1.29 is 22.8 Å². The van der Waals surface area contributed by atoms with Crippen molar-refractivity contribution in [1.82, 2.24) is 15.1 Å². The van der Waals surface area contributed by atoms with Gasteiger partial charge in [0.15, 0.2) is 5.54 Å². The smallest absolute Gasteiger partial charge is 0.337 e. The molecule has 0 bridgehead atoms. The molecule has 0 aromatic carbocycles. The van der Waals surface area contributed by atoms with Crippen molar-refractivity contribution in [2.24, 2.45) is 5.73 Å². The minimum atomic E-state index is -4.80. The molecule has 2 aliphatic rings. The summed E-state index contributed by atoms with van der Waals surface area (Å²) in [5.74, 6) is -1.15. The van der Waals surface area contributed by atoms with Gasteiger partial charge in [-0.25, -0.2) is 4.79 Å². The maximum absolute atomic E-state index is 12.7. The first kappa shape index (κ1) is 13.9. The molecule has 6 nitrogen and oxygen atoms in total. The zero-order valence-electron chi connectivity index (χ0n) is 10.3. The fraction of sp³-hybridized carbons (Fsp3) is 0.800. The van der Waals surface area contributed by atoms with Crippen LogP contribution in [0, 0.1) is 0 Å². The van der Waals surface area contributed by atoms with E-state index in [1.807, 2.05) is 0 Å². The number of halogens is 3. The highest BCUT2D eigenvalue weighted by molar-refractivity contribution is 5.87. The second-order valence-electron chi connectivity index (χ2n) is 4.98. The van der Waals surface area contributed by atoms with Crippen molar-refractivity contribution in [3.63, 3.8) is 0 Å². The number of nitrogens with two attached hydrogens (primary N) is 1. The lowest BCUT2D eigenvalue weighted by Gasteiger charge is -2.40. The van der Waals surface area contributed by atoms with Gasteiger partial charge in [0.2, 0.25) is 0 Å². The number of carbonyl (C=O) groups is 2. The predicted molar refractivity (Wildman–Crippen MR) is 59.1 cm³/mol. The summed E-state index contributed by atoms with van der Waals surface area (Å²) < 4.78 is 38.2. The molecule has 19 heavy (non-hydrogen) atoms. The number of rotatable bonds is 1. The van der Waals surface area contributed by atoms with Crippen LogP contribution in [0.15, 0.2) is 0 Å². The molecule has 0 radical (unpaired) electrons. The summed E-state index contributed by atoms with van der Waals surface area (Å²) in [5, 5.41) is 2.59. The Bertz CT molecular complexity index is 410. The van der Waals surface area contributed by atoms with Crippen molar-refractivity contribution >= 4 is 11.9 Å². The van der Waals surface area contributed by atoms with Crippen LogP contribution in [0.2, 0.25) is 0 Å². The topological polar surface area (TPSA) is 78.7 Å². The lowest BCUT2D eigenvalue weighted by molar-refractivity contribution is -0.194. The number of carbonyl (C=O) groups excluding carboxylic acids is 2. The number of amides is 3. The van der Waals surface area contributed by atoms with Crippen molar-refractivity contribution in [2.75, 3.05) is 26.2 Å². The third-order valence-corrected chi connectivity index (χ3v) is 3.55. The van der Waals surface area contributed by atoms with E-state index in [9.17, 15) is 22.8 Å². The number of fused-ring (bicyclic) bond motifs is 1. The van der Waals surface area contributed by atoms with E-state index in [1.54, 1.807) is 0 Å². The molecule has 2 rings (SSSR count). The molecule has 2 atom stereocenters. The third kappa shape index (κ3) is 2.22. The molecule has 108 valence electrons. The first-order valence-corrected chi connectivity index (χ1v) is 5.84. The van der Waals surface area contributed by atoms with Gasteiger partial charge in [-0.05, 0) is 6.92 Å². The Labute approximate surface area is 107 Å². The second-order valence-corrected chi connectivity index (χ2v) is 4.98. The summed E-state index contributed by atoms with van der Waals surface area (Å²) in [6, 6.07) is -0.530. The van der Waals surface area contributed by atoms with Crippen LogP contribution < -0.4 is 11.1 Å². The Morgan fingerprint density at radius 1 is 1.42 bits per heavy atom. The molecule has 2 saturated heterocycles. The molecule has 2 unspecified atom stereocenters. The summed E-state index contributed by atoms with van der Waals surface area (Å²) in [6.07, 6.45) is -4.80. The number of hydrogen-bond acceptors (Lipinski definition) is 3. The SMILES string of the molecule is CC(N)(C(=O)N1CCN2C(=O)NCC2C1)C(F)(F)F. The number of hydrogen-bond donors (Lipinski definition) is 2. The van der Waals surface area contributed by atoms with Crippen molar-refractivity contribution in [1.29, 1.82) is 0 Å². The predicted octanol–water partition coefficient (Wildman–Crippen LogP) is -0.498. The maximum atomic E-state index is 12.7. The molecule has 0 aromatic rings. The van der Waals surface area contributed by atoms with Gasteiger partial charge in [-0.15, -0.1) is 0 Å². The molecule has 0 spiro atoms. The minimum Gasteiger partial charge on any atom is -0.337 e. The number of nitrogens with zero attached hydrogens (tertiary/aromatic N) is 2. The van der Waals surface area contributed by atoms with E-state index >= 15 is 0 Å². The normalized spacial score (nSPS) is 26.8. The molecule has 3 N–H and O–H groups in total. The van der Waals surface area contributed by atoms with Crippen LogP contribution in [-0.4, -0.2) is 65.7 Å². The van der Waals surface area contributed by atoms with Crippen LogP contribution in [0.1, 0.15) is 6.92 Å². The Balaban J connectivity index is 2.08. The van der Waals surface area contributed by atoms with Crippen LogP contribution >= 0.6 is 0 Å².